The molecule has 0 aliphatic carbocycles. The molecule has 1 unspecified atom stereocenters. The van der Waals surface area contributed by atoms with E-state index in [1.807, 2.05) is 20.8 Å². The lowest BCUT2D eigenvalue weighted by molar-refractivity contribution is -0.138. The molecule has 0 aromatic heterocycles. The van der Waals surface area contributed by atoms with Gasteiger partial charge in [-0.3, -0.25) is 4.79 Å². The molecule has 0 aromatic carbocycles. The first-order valence-electron chi connectivity index (χ1n) is 3.93. The summed E-state index contributed by atoms with van der Waals surface area (Å²) in [4.78, 5) is 10.4. The Labute approximate surface area is 67.6 Å². The lowest BCUT2D eigenvalue weighted by atomic mass is 9.82. The van der Waals surface area contributed by atoms with E-state index in [2.05, 4.69) is 0 Å². The number of aliphatic carboxylic acids is 1. The summed E-state index contributed by atoms with van der Waals surface area (Å²) in [7, 11) is 0. The fourth-order valence-electron chi connectivity index (χ4n) is 1.02. The van der Waals surface area contributed by atoms with Gasteiger partial charge in [0.2, 0.25) is 0 Å². The fraction of sp³-hybridized carbons (Fsp3) is 0.875. The van der Waals surface area contributed by atoms with Crippen LogP contribution in [0, 0.1) is 5.92 Å². The van der Waals surface area contributed by atoms with Gasteiger partial charge in [-0.25, -0.2) is 0 Å². The summed E-state index contributed by atoms with van der Waals surface area (Å²) in [6.07, 6.45) is 0.762. The molecular formula is C8H17NO2. The minimum atomic E-state index is -0.817. The second kappa shape index (κ2) is 3.72. The molecule has 0 saturated carbocycles. The maximum absolute atomic E-state index is 10.4. The molecule has 0 spiro atoms. The van der Waals surface area contributed by atoms with E-state index >= 15 is 0 Å². The van der Waals surface area contributed by atoms with Crippen LogP contribution in [0.25, 0.3) is 0 Å². The molecule has 0 heterocycles. The van der Waals surface area contributed by atoms with Crippen molar-refractivity contribution >= 4 is 5.97 Å². The van der Waals surface area contributed by atoms with Gasteiger partial charge in [0, 0.05) is 5.54 Å². The average molecular weight is 159 g/mol. The molecule has 0 fully saturated rings. The van der Waals surface area contributed by atoms with Gasteiger partial charge < -0.3 is 10.8 Å². The van der Waals surface area contributed by atoms with Crippen molar-refractivity contribution in [2.75, 3.05) is 0 Å². The van der Waals surface area contributed by atoms with Gasteiger partial charge in [-0.15, -0.1) is 0 Å². The minimum Gasteiger partial charge on any atom is -0.481 e. The Morgan fingerprint density at radius 2 is 2.09 bits per heavy atom. The molecule has 0 aromatic rings. The third-order valence-corrected chi connectivity index (χ3v) is 2.29. The average Bonchev–Trinajstić information content (AvgIpc) is 1.86. The van der Waals surface area contributed by atoms with Crippen molar-refractivity contribution in [2.24, 2.45) is 11.7 Å². The highest BCUT2D eigenvalue weighted by Gasteiger charge is 2.29. The molecule has 0 saturated heterocycles. The molecule has 3 N–H and O–H groups in total. The van der Waals surface area contributed by atoms with Crippen LogP contribution >= 0.6 is 0 Å². The predicted molar refractivity (Wildman–Crippen MR) is 44.3 cm³/mol. The van der Waals surface area contributed by atoms with Crippen molar-refractivity contribution in [3.63, 3.8) is 0 Å². The SMILES string of the molecule is CCC(N)(CC(=O)O)C(C)C. The summed E-state index contributed by atoms with van der Waals surface area (Å²) >= 11 is 0. The van der Waals surface area contributed by atoms with Gasteiger partial charge >= 0.3 is 5.97 Å². The highest BCUT2D eigenvalue weighted by Crippen LogP contribution is 2.21. The number of carboxylic acids is 1. The van der Waals surface area contributed by atoms with Gasteiger partial charge in [0.15, 0.2) is 0 Å². The first-order valence-corrected chi connectivity index (χ1v) is 3.93. The van der Waals surface area contributed by atoms with Crippen LogP contribution in [0.2, 0.25) is 0 Å². The van der Waals surface area contributed by atoms with Crippen LogP contribution in [0.5, 0.6) is 0 Å². The molecule has 66 valence electrons. The van der Waals surface area contributed by atoms with Crippen LogP contribution in [0.3, 0.4) is 0 Å². The lowest BCUT2D eigenvalue weighted by Crippen LogP contribution is -2.46. The highest BCUT2D eigenvalue weighted by molar-refractivity contribution is 5.68. The number of rotatable bonds is 4. The Morgan fingerprint density at radius 3 is 2.18 bits per heavy atom. The molecule has 11 heavy (non-hydrogen) atoms. The van der Waals surface area contributed by atoms with Gasteiger partial charge in [0.1, 0.15) is 0 Å². The fourth-order valence-corrected chi connectivity index (χ4v) is 1.02. The monoisotopic (exact) mass is 159 g/mol. The smallest absolute Gasteiger partial charge is 0.305 e. The van der Waals surface area contributed by atoms with Crippen molar-refractivity contribution in [2.45, 2.75) is 39.2 Å². The molecule has 0 aliphatic rings. The van der Waals surface area contributed by atoms with Crippen LogP contribution in [0.15, 0.2) is 0 Å². The van der Waals surface area contributed by atoms with Crippen LogP contribution < -0.4 is 5.73 Å². The third-order valence-electron chi connectivity index (χ3n) is 2.29. The minimum absolute atomic E-state index is 0.0567. The predicted octanol–water partition coefficient (Wildman–Crippen LogP) is 1.22. The summed E-state index contributed by atoms with van der Waals surface area (Å²) < 4.78 is 0. The second-order valence-electron chi connectivity index (χ2n) is 3.31. The number of nitrogens with two attached hydrogens (primary N) is 1. The normalized spacial score (nSPS) is 16.5. The van der Waals surface area contributed by atoms with Crippen molar-refractivity contribution in [1.82, 2.24) is 0 Å². The van der Waals surface area contributed by atoms with Gasteiger partial charge in [0.05, 0.1) is 6.42 Å². The molecule has 1 atom stereocenters. The number of hydrogen-bond donors (Lipinski definition) is 2. The summed E-state index contributed by atoms with van der Waals surface area (Å²) in [6.45, 7) is 5.82. The topological polar surface area (TPSA) is 63.3 Å². The Hall–Kier alpha value is -0.570. The molecule has 0 radical (unpaired) electrons. The zero-order valence-electron chi connectivity index (χ0n) is 7.42. The molecule has 0 amide bonds. The van der Waals surface area contributed by atoms with Crippen LogP contribution in [0.4, 0.5) is 0 Å². The van der Waals surface area contributed by atoms with E-state index < -0.39 is 11.5 Å². The second-order valence-corrected chi connectivity index (χ2v) is 3.31. The molecule has 0 rings (SSSR count). The molecule has 3 heteroatoms. The Balaban J connectivity index is 4.22. The summed E-state index contributed by atoms with van der Waals surface area (Å²) in [6, 6.07) is 0. The van der Waals surface area contributed by atoms with E-state index in [1.165, 1.54) is 0 Å². The summed E-state index contributed by atoms with van der Waals surface area (Å²) in [5.41, 5.74) is 5.32. The number of carbonyl (C=O) groups is 1. The summed E-state index contributed by atoms with van der Waals surface area (Å²) in [5, 5.41) is 8.55. The van der Waals surface area contributed by atoms with Gasteiger partial charge in [0.25, 0.3) is 0 Å². The van der Waals surface area contributed by atoms with Crippen molar-refractivity contribution in [3.8, 4) is 0 Å². The molecule has 3 nitrogen and oxygen atoms in total. The van der Waals surface area contributed by atoms with E-state index in [0.717, 1.165) is 0 Å². The van der Waals surface area contributed by atoms with E-state index in [9.17, 15) is 4.79 Å². The number of carboxylic acid groups (broad SMARTS) is 1. The quantitative estimate of drug-likeness (QED) is 0.648. The van der Waals surface area contributed by atoms with Gasteiger partial charge in [-0.1, -0.05) is 20.8 Å². The first-order chi connectivity index (χ1) is 4.92. The van der Waals surface area contributed by atoms with Gasteiger partial charge in [-0.05, 0) is 12.3 Å². The third kappa shape index (κ3) is 2.89. The Kier molecular flexibility index (Phi) is 3.52. The standard InChI is InChI=1S/C8H17NO2/c1-4-8(9,6(2)3)5-7(10)11/h6H,4-5,9H2,1-3H3,(H,10,11). The molecular weight excluding hydrogens is 142 g/mol. The van der Waals surface area contributed by atoms with Crippen molar-refractivity contribution < 1.29 is 9.90 Å². The lowest BCUT2D eigenvalue weighted by Gasteiger charge is -2.30. The van der Waals surface area contributed by atoms with Crippen molar-refractivity contribution in [1.29, 1.82) is 0 Å². The zero-order valence-corrected chi connectivity index (χ0v) is 7.42. The summed E-state index contributed by atoms with van der Waals surface area (Å²) in [5.74, 6) is -0.605. The first kappa shape index (κ1) is 10.4. The maximum Gasteiger partial charge on any atom is 0.305 e. The number of hydrogen-bond acceptors (Lipinski definition) is 2. The zero-order chi connectivity index (χ0) is 9.07. The molecule has 0 aliphatic heterocycles. The maximum atomic E-state index is 10.4. The molecule has 0 bridgehead atoms. The highest BCUT2D eigenvalue weighted by atomic mass is 16.4. The van der Waals surface area contributed by atoms with Crippen LogP contribution in [-0.2, 0) is 4.79 Å². The van der Waals surface area contributed by atoms with Gasteiger partial charge in [-0.2, -0.15) is 0 Å². The van der Waals surface area contributed by atoms with Crippen LogP contribution in [-0.4, -0.2) is 16.6 Å². The van der Waals surface area contributed by atoms with Crippen LogP contribution in [0.1, 0.15) is 33.6 Å². The Bertz CT molecular complexity index is 145. The van der Waals surface area contributed by atoms with E-state index in [0.29, 0.717) is 6.42 Å². The van der Waals surface area contributed by atoms with E-state index in [1.54, 1.807) is 0 Å². The van der Waals surface area contributed by atoms with Crippen molar-refractivity contribution in [3.05, 3.63) is 0 Å². The largest absolute Gasteiger partial charge is 0.481 e. The van der Waals surface area contributed by atoms with E-state index in [-0.39, 0.29) is 12.3 Å². The Morgan fingerprint density at radius 1 is 1.64 bits per heavy atom. The van der Waals surface area contributed by atoms with E-state index in [4.69, 9.17) is 10.8 Å².